The second kappa shape index (κ2) is 9.96. The molecule has 0 aromatic heterocycles. The zero-order valence-electron chi connectivity index (χ0n) is 18.1. The Hall–Kier alpha value is -3.87. The van der Waals surface area contributed by atoms with E-state index in [0.29, 0.717) is 17.5 Å². The zero-order valence-corrected chi connectivity index (χ0v) is 18.1. The summed E-state index contributed by atoms with van der Waals surface area (Å²) in [4.78, 5) is 38.2. The highest BCUT2D eigenvalue weighted by Crippen LogP contribution is 2.36. The summed E-state index contributed by atoms with van der Waals surface area (Å²) in [6.45, 7) is 3.83. The van der Waals surface area contributed by atoms with Gasteiger partial charge in [-0.15, -0.1) is 0 Å². The first-order chi connectivity index (χ1) is 15.3. The Morgan fingerprint density at radius 3 is 2.19 bits per heavy atom. The first-order valence-corrected chi connectivity index (χ1v) is 10.2. The number of hydrogen-bond donors (Lipinski definition) is 2. The maximum Gasteiger partial charge on any atom is 0.348 e. The Labute approximate surface area is 186 Å². The van der Waals surface area contributed by atoms with Crippen molar-refractivity contribution in [1.82, 2.24) is 5.32 Å². The number of ether oxygens (including phenoxy) is 2. The number of carbonyl (C=O) groups excluding carboxylic acids is 3. The van der Waals surface area contributed by atoms with Gasteiger partial charge in [-0.1, -0.05) is 74.5 Å². The highest BCUT2D eigenvalue weighted by atomic mass is 16.6. The summed E-state index contributed by atoms with van der Waals surface area (Å²) in [5.74, 6) is -2.61. The maximum atomic E-state index is 13.3. The molecule has 1 unspecified atom stereocenters. The van der Waals surface area contributed by atoms with Gasteiger partial charge in [0.1, 0.15) is 11.6 Å². The summed E-state index contributed by atoms with van der Waals surface area (Å²) in [6, 6.07) is 16.2. The quantitative estimate of drug-likeness (QED) is 0.509. The highest BCUT2D eigenvalue weighted by molar-refractivity contribution is 6.26. The number of esters is 2. The second-order valence-corrected chi connectivity index (χ2v) is 7.73. The molecular formula is C25H25NO6. The van der Waals surface area contributed by atoms with Gasteiger partial charge in [0, 0.05) is 0 Å². The summed E-state index contributed by atoms with van der Waals surface area (Å²) in [5, 5.41) is 13.6. The molecule has 7 heteroatoms. The van der Waals surface area contributed by atoms with Crippen molar-refractivity contribution in [2.45, 2.75) is 26.3 Å². The molecule has 2 aromatic carbocycles. The first kappa shape index (κ1) is 22.8. The molecule has 1 aliphatic heterocycles. The minimum absolute atomic E-state index is 0.0338. The van der Waals surface area contributed by atoms with Crippen molar-refractivity contribution in [2.75, 3.05) is 7.11 Å². The molecule has 1 aliphatic rings. The predicted molar refractivity (Wildman–Crippen MR) is 119 cm³/mol. The van der Waals surface area contributed by atoms with Gasteiger partial charge in [-0.05, 0) is 23.5 Å². The molecule has 2 N–H and O–H groups in total. The van der Waals surface area contributed by atoms with Crippen LogP contribution < -0.4 is 5.32 Å². The van der Waals surface area contributed by atoms with E-state index in [-0.39, 0.29) is 22.8 Å². The molecule has 32 heavy (non-hydrogen) atoms. The number of methoxy groups -OCH3 is 1. The molecule has 0 saturated heterocycles. The third-order valence-corrected chi connectivity index (χ3v) is 4.93. The Bertz CT molecular complexity index is 1070. The van der Waals surface area contributed by atoms with Crippen molar-refractivity contribution in [3.63, 3.8) is 0 Å². The monoisotopic (exact) mass is 435 g/mol. The molecule has 1 atom stereocenters. The van der Waals surface area contributed by atoms with Crippen LogP contribution in [0.4, 0.5) is 0 Å². The molecule has 0 saturated carbocycles. The van der Waals surface area contributed by atoms with Gasteiger partial charge in [0.2, 0.25) is 0 Å². The molecule has 1 amide bonds. The number of cyclic esters (lactones) is 1. The average molecular weight is 435 g/mol. The Kier molecular flexibility index (Phi) is 7.10. The molecule has 7 nitrogen and oxygen atoms in total. The first-order valence-electron chi connectivity index (χ1n) is 10.2. The molecule has 0 radical (unpaired) electrons. The van der Waals surface area contributed by atoms with Crippen LogP contribution in [0.5, 0.6) is 0 Å². The molecule has 0 spiro atoms. The number of carbonyl (C=O) groups is 3. The summed E-state index contributed by atoms with van der Waals surface area (Å²) >= 11 is 0. The highest BCUT2D eigenvalue weighted by Gasteiger charge is 2.36. The Balaban J connectivity index is 2.10. The summed E-state index contributed by atoms with van der Waals surface area (Å²) in [5.41, 5.74) is 0.792. The number of benzene rings is 2. The van der Waals surface area contributed by atoms with Gasteiger partial charge in [0.05, 0.1) is 12.7 Å². The van der Waals surface area contributed by atoms with Crippen LogP contribution >= 0.6 is 0 Å². The largest absolute Gasteiger partial charge is 0.504 e. The van der Waals surface area contributed by atoms with Crippen LogP contribution in [-0.2, 0) is 23.9 Å². The molecule has 166 valence electrons. The van der Waals surface area contributed by atoms with Gasteiger partial charge in [0.25, 0.3) is 5.91 Å². The third kappa shape index (κ3) is 4.88. The lowest BCUT2D eigenvalue weighted by molar-refractivity contribution is -0.145. The lowest BCUT2D eigenvalue weighted by Crippen LogP contribution is -2.43. The van der Waals surface area contributed by atoms with Gasteiger partial charge in [-0.25, -0.2) is 9.59 Å². The number of aliphatic hydroxyl groups is 1. The van der Waals surface area contributed by atoms with E-state index in [1.807, 2.05) is 13.8 Å². The Morgan fingerprint density at radius 1 is 1.03 bits per heavy atom. The number of nitrogens with one attached hydrogen (secondary N) is 1. The average Bonchev–Trinajstić information content (AvgIpc) is 3.07. The van der Waals surface area contributed by atoms with Crippen LogP contribution in [0, 0.1) is 5.92 Å². The van der Waals surface area contributed by atoms with Crippen molar-refractivity contribution < 1.29 is 29.0 Å². The SMILES string of the molecule is COC(=O)C(CC(C)C)NC(=O)C(=C1OC(=O)C(c2ccccc2)=C1O)c1ccccc1. The van der Waals surface area contributed by atoms with E-state index >= 15 is 0 Å². The lowest BCUT2D eigenvalue weighted by atomic mass is 9.99. The minimum atomic E-state index is -0.899. The molecule has 3 rings (SSSR count). The van der Waals surface area contributed by atoms with Crippen molar-refractivity contribution in [3.05, 3.63) is 83.3 Å². The summed E-state index contributed by atoms with van der Waals surface area (Å²) < 4.78 is 10.2. The van der Waals surface area contributed by atoms with Crippen molar-refractivity contribution in [2.24, 2.45) is 5.92 Å². The van der Waals surface area contributed by atoms with Crippen LogP contribution in [0.3, 0.4) is 0 Å². The molecule has 1 heterocycles. The fraction of sp³-hybridized carbons (Fsp3) is 0.240. The topological polar surface area (TPSA) is 102 Å². The van der Waals surface area contributed by atoms with Crippen LogP contribution in [0.15, 0.2) is 72.2 Å². The standard InChI is InChI=1S/C25H25NO6/c1-15(2)14-18(24(29)31-3)26-23(28)20(17-12-8-5-9-13-17)22-21(27)19(25(30)32-22)16-10-6-4-7-11-16/h4-13,15,18,27H,14H2,1-3H3,(H,26,28). The molecule has 0 fully saturated rings. The molecule has 0 bridgehead atoms. The number of rotatable bonds is 7. The normalized spacial score (nSPS) is 15.9. The summed E-state index contributed by atoms with van der Waals surface area (Å²) in [7, 11) is 1.25. The molecule has 2 aromatic rings. The molecular weight excluding hydrogens is 410 g/mol. The van der Waals surface area contributed by atoms with Gasteiger partial charge in [0.15, 0.2) is 11.5 Å². The molecule has 0 aliphatic carbocycles. The Morgan fingerprint density at radius 2 is 1.62 bits per heavy atom. The van der Waals surface area contributed by atoms with Gasteiger partial charge < -0.3 is 19.9 Å². The van der Waals surface area contributed by atoms with E-state index in [0.717, 1.165) is 0 Å². The zero-order chi connectivity index (χ0) is 23.3. The third-order valence-electron chi connectivity index (χ3n) is 4.93. The van der Waals surface area contributed by atoms with Crippen molar-refractivity contribution in [3.8, 4) is 0 Å². The van der Waals surface area contributed by atoms with E-state index in [9.17, 15) is 19.5 Å². The number of hydrogen-bond acceptors (Lipinski definition) is 6. The van der Waals surface area contributed by atoms with Crippen molar-refractivity contribution >= 4 is 29.0 Å². The maximum absolute atomic E-state index is 13.3. The van der Waals surface area contributed by atoms with E-state index in [1.54, 1.807) is 60.7 Å². The minimum Gasteiger partial charge on any atom is -0.504 e. The van der Waals surface area contributed by atoms with E-state index in [1.165, 1.54) is 7.11 Å². The predicted octanol–water partition coefficient (Wildman–Crippen LogP) is 3.63. The van der Waals surface area contributed by atoms with Crippen LogP contribution in [0.25, 0.3) is 11.1 Å². The smallest absolute Gasteiger partial charge is 0.348 e. The van der Waals surface area contributed by atoms with E-state index < -0.39 is 29.6 Å². The van der Waals surface area contributed by atoms with E-state index in [4.69, 9.17) is 9.47 Å². The van der Waals surface area contributed by atoms with Crippen LogP contribution in [0.1, 0.15) is 31.4 Å². The lowest BCUT2D eigenvalue weighted by Gasteiger charge is -2.20. The van der Waals surface area contributed by atoms with Crippen molar-refractivity contribution in [1.29, 1.82) is 0 Å². The second-order valence-electron chi connectivity index (χ2n) is 7.73. The summed E-state index contributed by atoms with van der Waals surface area (Å²) in [6.07, 6.45) is 0.354. The fourth-order valence-corrected chi connectivity index (χ4v) is 3.46. The van der Waals surface area contributed by atoms with Crippen LogP contribution in [0.2, 0.25) is 0 Å². The van der Waals surface area contributed by atoms with Gasteiger partial charge in [-0.2, -0.15) is 0 Å². The number of amides is 1. The van der Waals surface area contributed by atoms with Gasteiger partial charge >= 0.3 is 11.9 Å². The number of aliphatic hydroxyl groups excluding tert-OH is 1. The van der Waals surface area contributed by atoms with E-state index in [2.05, 4.69) is 5.32 Å². The fourth-order valence-electron chi connectivity index (χ4n) is 3.46. The van der Waals surface area contributed by atoms with Crippen LogP contribution in [-0.4, -0.2) is 36.1 Å². The van der Waals surface area contributed by atoms with Gasteiger partial charge in [-0.3, -0.25) is 4.79 Å².